The van der Waals surface area contributed by atoms with Crippen molar-refractivity contribution in [2.75, 3.05) is 14.2 Å². The summed E-state index contributed by atoms with van der Waals surface area (Å²) in [6.45, 7) is 0. The highest BCUT2D eigenvalue weighted by atomic mass is 16.5. The molecule has 0 fully saturated rings. The van der Waals surface area contributed by atoms with E-state index < -0.39 is 0 Å². The summed E-state index contributed by atoms with van der Waals surface area (Å²) in [5.74, 6) is 14.5. The Hall–Kier alpha value is -4.14. The molecule has 2 nitrogen and oxygen atoms in total. The van der Waals surface area contributed by atoms with Crippen molar-refractivity contribution < 1.29 is 9.47 Å². The van der Waals surface area contributed by atoms with E-state index >= 15 is 0 Å². The first kappa shape index (κ1) is 19.2. The summed E-state index contributed by atoms with van der Waals surface area (Å²) < 4.78 is 11.2. The van der Waals surface area contributed by atoms with Gasteiger partial charge in [0, 0.05) is 21.9 Å². The first-order valence-electron chi connectivity index (χ1n) is 9.62. The Morgan fingerprint density at radius 2 is 0.867 bits per heavy atom. The van der Waals surface area contributed by atoms with E-state index in [2.05, 4.69) is 23.7 Å². The molecule has 0 unspecified atom stereocenters. The molecule has 0 aliphatic heterocycles. The molecule has 0 aromatic heterocycles. The van der Waals surface area contributed by atoms with E-state index in [1.54, 1.807) is 14.2 Å². The lowest BCUT2D eigenvalue weighted by atomic mass is 9.98. The van der Waals surface area contributed by atoms with Crippen molar-refractivity contribution in [3.63, 3.8) is 0 Å². The van der Waals surface area contributed by atoms with Gasteiger partial charge in [0.2, 0.25) is 0 Å². The normalized spacial score (nSPS) is 9.80. The maximum absolute atomic E-state index is 5.60. The van der Waals surface area contributed by atoms with Crippen LogP contribution in [0.2, 0.25) is 0 Å². The average molecular weight is 388 g/mol. The third-order valence-corrected chi connectivity index (χ3v) is 4.78. The number of ether oxygens (including phenoxy) is 2. The lowest BCUT2D eigenvalue weighted by Gasteiger charge is -2.11. The summed E-state index contributed by atoms with van der Waals surface area (Å²) in [4.78, 5) is 0. The van der Waals surface area contributed by atoms with Crippen molar-refractivity contribution in [1.29, 1.82) is 0 Å². The average Bonchev–Trinajstić information content (AvgIpc) is 2.82. The van der Waals surface area contributed by atoms with Gasteiger partial charge in [-0.05, 0) is 48.5 Å². The van der Waals surface area contributed by atoms with Crippen molar-refractivity contribution in [2.24, 2.45) is 0 Å². The van der Waals surface area contributed by atoms with E-state index in [0.29, 0.717) is 0 Å². The Balaban J connectivity index is 1.91. The predicted octanol–water partition coefficient (Wildman–Crippen LogP) is 5.66. The second-order valence-electron chi connectivity index (χ2n) is 6.61. The highest BCUT2D eigenvalue weighted by Crippen LogP contribution is 2.33. The van der Waals surface area contributed by atoms with Crippen molar-refractivity contribution in [3.05, 3.63) is 107 Å². The first-order chi connectivity index (χ1) is 14.8. The van der Waals surface area contributed by atoms with Crippen LogP contribution in [0, 0.1) is 23.7 Å². The van der Waals surface area contributed by atoms with E-state index in [1.807, 2.05) is 84.9 Å². The van der Waals surface area contributed by atoms with Crippen LogP contribution < -0.4 is 9.47 Å². The highest BCUT2D eigenvalue weighted by molar-refractivity contribution is 5.96. The van der Waals surface area contributed by atoms with Crippen LogP contribution in [0.25, 0.3) is 10.8 Å². The van der Waals surface area contributed by atoms with Crippen LogP contribution >= 0.6 is 0 Å². The van der Waals surface area contributed by atoms with Crippen LogP contribution in [0.5, 0.6) is 11.5 Å². The molecule has 4 rings (SSSR count). The monoisotopic (exact) mass is 388 g/mol. The summed E-state index contributed by atoms with van der Waals surface area (Å²) in [5, 5.41) is 1.96. The van der Waals surface area contributed by atoms with Crippen LogP contribution in [0.1, 0.15) is 22.3 Å². The number of hydrogen-bond acceptors (Lipinski definition) is 2. The van der Waals surface area contributed by atoms with Crippen molar-refractivity contribution in [2.45, 2.75) is 0 Å². The molecule has 0 saturated heterocycles. The Morgan fingerprint density at radius 3 is 1.23 bits per heavy atom. The summed E-state index contributed by atoms with van der Waals surface area (Å²) in [5.41, 5.74) is 3.58. The lowest BCUT2D eigenvalue weighted by molar-refractivity contribution is 0.413. The van der Waals surface area contributed by atoms with E-state index in [4.69, 9.17) is 9.47 Å². The van der Waals surface area contributed by atoms with E-state index in [1.165, 1.54) is 0 Å². The third-order valence-electron chi connectivity index (χ3n) is 4.78. The molecule has 4 aromatic rings. The zero-order chi connectivity index (χ0) is 20.8. The molecule has 0 aliphatic carbocycles. The van der Waals surface area contributed by atoms with Crippen LogP contribution in [-0.2, 0) is 0 Å². The van der Waals surface area contributed by atoms with Gasteiger partial charge in [-0.1, -0.05) is 60.1 Å². The quantitative estimate of drug-likeness (QED) is 0.413. The molecule has 0 heterocycles. The molecule has 0 bridgehead atoms. The van der Waals surface area contributed by atoms with E-state index in [9.17, 15) is 0 Å². The zero-order valence-electron chi connectivity index (χ0n) is 16.9. The molecule has 144 valence electrons. The highest BCUT2D eigenvalue weighted by Gasteiger charge is 2.12. The summed E-state index contributed by atoms with van der Waals surface area (Å²) in [6, 6.07) is 27.7. The second kappa shape index (κ2) is 8.91. The fraction of sp³-hybridized carbons (Fsp3) is 0.0714. The zero-order valence-corrected chi connectivity index (χ0v) is 16.9. The number of fused-ring (bicyclic) bond motifs is 1. The lowest BCUT2D eigenvalue weighted by Crippen LogP contribution is -1.94. The minimum absolute atomic E-state index is 0.734. The number of methoxy groups -OCH3 is 2. The first-order valence-corrected chi connectivity index (χ1v) is 9.62. The molecule has 2 heteroatoms. The van der Waals surface area contributed by atoms with Gasteiger partial charge in [-0.15, -0.1) is 0 Å². The van der Waals surface area contributed by atoms with Crippen LogP contribution in [0.4, 0.5) is 0 Å². The predicted molar refractivity (Wildman–Crippen MR) is 122 cm³/mol. The molecule has 0 spiro atoms. The maximum Gasteiger partial charge on any atom is 0.135 e. The molecule has 0 atom stereocenters. The van der Waals surface area contributed by atoms with Gasteiger partial charge in [0.15, 0.2) is 0 Å². The van der Waals surface area contributed by atoms with Gasteiger partial charge in [0.05, 0.1) is 25.3 Å². The molecule has 0 N–H and O–H groups in total. The summed E-state index contributed by atoms with van der Waals surface area (Å²) in [7, 11) is 3.32. The summed E-state index contributed by atoms with van der Waals surface area (Å²) >= 11 is 0. The largest absolute Gasteiger partial charge is 0.495 e. The molecular formula is C28H20O2. The molecule has 4 aromatic carbocycles. The van der Waals surface area contributed by atoms with Gasteiger partial charge in [0.25, 0.3) is 0 Å². The van der Waals surface area contributed by atoms with Crippen LogP contribution in [0.15, 0.2) is 84.9 Å². The standard InChI is InChI=1S/C28H20O2/c1-29-27-19-17-24-23(25(27)15-13-21-9-5-3-6-10-21)18-20-28(30-2)26(24)16-14-22-11-7-4-8-12-22/h3-12,17-20H,1-2H3. The van der Waals surface area contributed by atoms with E-state index in [0.717, 1.165) is 44.5 Å². The molecule has 0 aliphatic rings. The van der Waals surface area contributed by atoms with Gasteiger partial charge in [-0.25, -0.2) is 0 Å². The SMILES string of the molecule is COc1ccc2c(C#Cc3ccccc3)c(OC)ccc2c1C#Cc1ccccc1. The van der Waals surface area contributed by atoms with Crippen LogP contribution in [0.3, 0.4) is 0 Å². The van der Waals surface area contributed by atoms with Crippen molar-refractivity contribution in [3.8, 4) is 35.2 Å². The number of rotatable bonds is 2. The number of benzene rings is 4. The van der Waals surface area contributed by atoms with Crippen LogP contribution in [-0.4, -0.2) is 14.2 Å². The molecule has 0 radical (unpaired) electrons. The Kier molecular flexibility index (Phi) is 5.70. The molecule has 0 amide bonds. The Bertz CT molecular complexity index is 1190. The fourth-order valence-corrected chi connectivity index (χ4v) is 3.28. The second-order valence-corrected chi connectivity index (χ2v) is 6.61. The van der Waals surface area contributed by atoms with Gasteiger partial charge in [-0.2, -0.15) is 0 Å². The van der Waals surface area contributed by atoms with Crippen molar-refractivity contribution >= 4 is 10.8 Å². The third kappa shape index (κ3) is 4.00. The topological polar surface area (TPSA) is 18.5 Å². The fourth-order valence-electron chi connectivity index (χ4n) is 3.28. The van der Waals surface area contributed by atoms with E-state index in [-0.39, 0.29) is 0 Å². The van der Waals surface area contributed by atoms with Gasteiger partial charge < -0.3 is 9.47 Å². The Labute approximate surface area is 177 Å². The van der Waals surface area contributed by atoms with Gasteiger partial charge in [-0.3, -0.25) is 0 Å². The van der Waals surface area contributed by atoms with Crippen molar-refractivity contribution in [1.82, 2.24) is 0 Å². The molecule has 30 heavy (non-hydrogen) atoms. The number of hydrogen-bond donors (Lipinski definition) is 0. The minimum Gasteiger partial charge on any atom is -0.495 e. The molecule has 0 saturated carbocycles. The maximum atomic E-state index is 5.60. The van der Waals surface area contributed by atoms with Gasteiger partial charge >= 0.3 is 0 Å². The molecular weight excluding hydrogens is 368 g/mol. The Morgan fingerprint density at radius 1 is 0.467 bits per heavy atom. The smallest absolute Gasteiger partial charge is 0.135 e. The van der Waals surface area contributed by atoms with Gasteiger partial charge in [0.1, 0.15) is 11.5 Å². The minimum atomic E-state index is 0.734. The summed E-state index contributed by atoms with van der Waals surface area (Å²) in [6.07, 6.45) is 0.